The highest BCUT2D eigenvalue weighted by Gasteiger charge is 1.98. The Kier molecular flexibility index (Phi) is 3.99. The van der Waals surface area contributed by atoms with Crippen molar-refractivity contribution in [3.63, 3.8) is 0 Å². The number of nitrogens with two attached hydrogens (primary N) is 1. The van der Waals surface area contributed by atoms with E-state index >= 15 is 0 Å². The normalized spacial score (nSPS) is 14.6. The Hall–Kier alpha value is -1.50. The molecule has 0 radical (unpaired) electrons. The van der Waals surface area contributed by atoms with Crippen molar-refractivity contribution in [1.29, 1.82) is 0 Å². The van der Waals surface area contributed by atoms with Crippen molar-refractivity contribution in [2.24, 2.45) is 5.73 Å². The van der Waals surface area contributed by atoms with E-state index in [1.54, 1.807) is 6.20 Å². The monoisotopic (exact) mass is 187 g/mol. The van der Waals surface area contributed by atoms with Gasteiger partial charge in [-0.3, -0.25) is 0 Å². The van der Waals surface area contributed by atoms with E-state index in [2.05, 4.69) is 43.3 Å². The average Bonchev–Trinajstić information content (AvgIpc) is 2.26. The van der Waals surface area contributed by atoms with E-state index in [1.807, 2.05) is 13.0 Å². The Balaban J connectivity index is 2.68. The minimum atomic E-state index is 0.436. The number of hydrogen-bond acceptors (Lipinski definition) is 1. The molecule has 2 N–H and O–H groups in total. The van der Waals surface area contributed by atoms with Crippen LogP contribution < -0.4 is 5.73 Å². The first-order valence-corrected chi connectivity index (χ1v) is 4.85. The molecule has 1 atom stereocenters. The third-order valence-electron chi connectivity index (χ3n) is 2.24. The molecular formula is C13H17N. The lowest BCUT2D eigenvalue weighted by Gasteiger charge is -2.05. The van der Waals surface area contributed by atoms with Gasteiger partial charge < -0.3 is 5.73 Å². The molecular weight excluding hydrogens is 170 g/mol. The lowest BCUT2D eigenvalue weighted by molar-refractivity contribution is 0.966. The molecule has 0 amide bonds. The van der Waals surface area contributed by atoms with Crippen molar-refractivity contribution < 1.29 is 0 Å². The van der Waals surface area contributed by atoms with E-state index in [1.165, 1.54) is 5.56 Å². The molecule has 0 spiro atoms. The van der Waals surface area contributed by atoms with Crippen LogP contribution in [-0.2, 0) is 0 Å². The van der Waals surface area contributed by atoms with E-state index in [4.69, 9.17) is 5.73 Å². The maximum atomic E-state index is 5.38. The highest BCUT2D eigenvalue weighted by molar-refractivity contribution is 5.25. The molecule has 0 bridgehead atoms. The average molecular weight is 187 g/mol. The summed E-state index contributed by atoms with van der Waals surface area (Å²) < 4.78 is 0. The summed E-state index contributed by atoms with van der Waals surface area (Å²) in [6, 6.07) is 10.4. The first-order chi connectivity index (χ1) is 6.74. The van der Waals surface area contributed by atoms with Crippen molar-refractivity contribution in [1.82, 2.24) is 0 Å². The molecule has 1 unspecified atom stereocenters. The fourth-order valence-corrected chi connectivity index (χ4v) is 1.22. The number of hydrogen-bond donors (Lipinski definition) is 1. The lowest BCUT2D eigenvalue weighted by Crippen LogP contribution is -1.88. The van der Waals surface area contributed by atoms with E-state index < -0.39 is 0 Å². The minimum Gasteiger partial charge on any atom is -0.404 e. The summed E-state index contributed by atoms with van der Waals surface area (Å²) in [5, 5.41) is 0. The molecule has 0 aliphatic rings. The van der Waals surface area contributed by atoms with Gasteiger partial charge in [0.05, 0.1) is 0 Å². The highest BCUT2D eigenvalue weighted by Crippen LogP contribution is 2.16. The third-order valence-corrected chi connectivity index (χ3v) is 2.24. The zero-order valence-electron chi connectivity index (χ0n) is 8.77. The van der Waals surface area contributed by atoms with Gasteiger partial charge in [0.1, 0.15) is 0 Å². The fourth-order valence-electron chi connectivity index (χ4n) is 1.22. The molecule has 74 valence electrons. The molecule has 1 nitrogen and oxygen atoms in total. The smallest absolute Gasteiger partial charge is 0.000721 e. The van der Waals surface area contributed by atoms with Crippen molar-refractivity contribution in [2.45, 2.75) is 19.8 Å². The Morgan fingerprint density at radius 3 is 2.50 bits per heavy atom. The van der Waals surface area contributed by atoms with Gasteiger partial charge in [-0.2, -0.15) is 0 Å². The molecule has 0 aliphatic heterocycles. The van der Waals surface area contributed by atoms with Crippen LogP contribution >= 0.6 is 0 Å². The summed E-state index contributed by atoms with van der Waals surface area (Å²) in [7, 11) is 0. The molecule has 1 rings (SSSR count). The van der Waals surface area contributed by atoms with Crippen LogP contribution in [0.4, 0.5) is 0 Å². The summed E-state index contributed by atoms with van der Waals surface area (Å²) in [6.45, 7) is 4.17. The van der Waals surface area contributed by atoms with Crippen LogP contribution in [0.2, 0.25) is 0 Å². The second-order valence-corrected chi connectivity index (χ2v) is 3.47. The molecule has 0 saturated carbocycles. The highest BCUT2D eigenvalue weighted by atomic mass is 14.5. The van der Waals surface area contributed by atoms with Crippen molar-refractivity contribution in [3.05, 3.63) is 59.8 Å². The van der Waals surface area contributed by atoms with Gasteiger partial charge in [0, 0.05) is 0 Å². The topological polar surface area (TPSA) is 26.0 Å². The zero-order valence-corrected chi connectivity index (χ0v) is 8.77. The van der Waals surface area contributed by atoms with Crippen LogP contribution in [0.3, 0.4) is 0 Å². The molecule has 1 heteroatoms. The zero-order chi connectivity index (χ0) is 10.4. The molecule has 0 saturated heterocycles. The maximum absolute atomic E-state index is 5.38. The van der Waals surface area contributed by atoms with Gasteiger partial charge in [-0.05, 0) is 30.2 Å². The van der Waals surface area contributed by atoms with E-state index in [0.717, 1.165) is 5.57 Å². The summed E-state index contributed by atoms with van der Waals surface area (Å²) in [5.74, 6) is 0.436. The molecule has 1 aromatic carbocycles. The van der Waals surface area contributed by atoms with Crippen LogP contribution in [0, 0.1) is 0 Å². The third kappa shape index (κ3) is 3.09. The summed E-state index contributed by atoms with van der Waals surface area (Å²) in [4.78, 5) is 0. The van der Waals surface area contributed by atoms with E-state index in [-0.39, 0.29) is 0 Å². The second kappa shape index (κ2) is 5.28. The van der Waals surface area contributed by atoms with Crippen molar-refractivity contribution in [2.75, 3.05) is 0 Å². The summed E-state index contributed by atoms with van der Waals surface area (Å²) in [5.41, 5.74) is 7.80. The standard InChI is InChI=1S/C13H17N/c1-11(10-14)8-9-12(2)13-6-4-3-5-7-13/h3-10,12H,14H2,1-2H3/b9-8-,11-10-. The van der Waals surface area contributed by atoms with Crippen LogP contribution in [0.25, 0.3) is 0 Å². The second-order valence-electron chi connectivity index (χ2n) is 3.47. The maximum Gasteiger partial charge on any atom is -0.000721 e. The predicted octanol–water partition coefficient (Wildman–Crippen LogP) is 3.21. The molecule has 0 aliphatic carbocycles. The van der Waals surface area contributed by atoms with Gasteiger partial charge in [-0.15, -0.1) is 0 Å². The fraction of sp³-hybridized carbons (Fsp3) is 0.231. The van der Waals surface area contributed by atoms with Gasteiger partial charge in [-0.1, -0.05) is 49.4 Å². The predicted molar refractivity (Wildman–Crippen MR) is 61.9 cm³/mol. The first kappa shape index (κ1) is 10.6. The van der Waals surface area contributed by atoms with Gasteiger partial charge in [-0.25, -0.2) is 0 Å². The van der Waals surface area contributed by atoms with Crippen molar-refractivity contribution in [3.8, 4) is 0 Å². The van der Waals surface area contributed by atoms with Crippen LogP contribution in [-0.4, -0.2) is 0 Å². The largest absolute Gasteiger partial charge is 0.404 e. The first-order valence-electron chi connectivity index (χ1n) is 4.85. The summed E-state index contributed by atoms with van der Waals surface area (Å²) in [6.07, 6.45) is 5.83. The molecule has 0 heterocycles. The van der Waals surface area contributed by atoms with E-state index in [9.17, 15) is 0 Å². The molecule has 1 aromatic rings. The SMILES string of the molecule is CC(/C=C\C(C)c1ccccc1)=C/N. The molecule has 14 heavy (non-hydrogen) atoms. The summed E-state index contributed by atoms with van der Waals surface area (Å²) >= 11 is 0. The number of allylic oxidation sites excluding steroid dienone is 3. The number of rotatable bonds is 3. The molecule has 0 aromatic heterocycles. The Morgan fingerprint density at radius 1 is 1.29 bits per heavy atom. The van der Waals surface area contributed by atoms with E-state index in [0.29, 0.717) is 5.92 Å². The van der Waals surface area contributed by atoms with Gasteiger partial charge >= 0.3 is 0 Å². The van der Waals surface area contributed by atoms with Gasteiger partial charge in [0.15, 0.2) is 0 Å². The Labute approximate surface area is 85.9 Å². The Bertz CT molecular complexity index is 322. The van der Waals surface area contributed by atoms with Crippen LogP contribution in [0.1, 0.15) is 25.3 Å². The van der Waals surface area contributed by atoms with Crippen molar-refractivity contribution >= 4 is 0 Å². The minimum absolute atomic E-state index is 0.436. The number of benzene rings is 1. The lowest BCUT2D eigenvalue weighted by atomic mass is 10.0. The molecule has 0 fully saturated rings. The van der Waals surface area contributed by atoms with Crippen LogP contribution in [0.5, 0.6) is 0 Å². The quantitative estimate of drug-likeness (QED) is 0.722. The van der Waals surface area contributed by atoms with Gasteiger partial charge in [0.2, 0.25) is 0 Å². The van der Waals surface area contributed by atoms with Crippen LogP contribution in [0.15, 0.2) is 54.3 Å². The Morgan fingerprint density at radius 2 is 1.93 bits per heavy atom. The van der Waals surface area contributed by atoms with Gasteiger partial charge in [0.25, 0.3) is 0 Å².